The van der Waals surface area contributed by atoms with Crippen LogP contribution >= 0.6 is 7.60 Å². The van der Waals surface area contributed by atoms with Crippen LogP contribution in [0.2, 0.25) is 0 Å². The standard InChI is InChI=1S/C18H22N3O11P/c1-29-15-5-4-12-10-14(3-2-13(12)11-15)16(7-9-33(26,27)28)18(22)32-21(25)31-17(19)6-8-30-20(23)24/h2-5,10-11,16-17H,6-9,19H2,1H3,(H-,26,27,28)/p+1/t16-,17?/m0/s1. The monoisotopic (exact) mass is 488 g/mol. The molecule has 180 valence electrons. The van der Waals surface area contributed by atoms with Crippen molar-refractivity contribution in [1.29, 1.82) is 0 Å². The van der Waals surface area contributed by atoms with Crippen molar-refractivity contribution in [2.75, 3.05) is 19.9 Å². The van der Waals surface area contributed by atoms with Crippen molar-refractivity contribution in [2.24, 2.45) is 5.73 Å². The lowest BCUT2D eigenvalue weighted by molar-refractivity contribution is -0.970. The topological polar surface area (TPSA) is 201 Å². The van der Waals surface area contributed by atoms with E-state index in [1.165, 1.54) is 7.11 Å². The number of fused-ring (bicyclic) bond motifs is 1. The molecule has 0 aliphatic rings. The van der Waals surface area contributed by atoms with Crippen LogP contribution in [-0.4, -0.2) is 52.0 Å². The van der Waals surface area contributed by atoms with E-state index in [1.807, 2.05) is 0 Å². The summed E-state index contributed by atoms with van der Waals surface area (Å²) < 4.78 is 16.5. The third-order valence-corrected chi connectivity index (χ3v) is 5.29. The van der Waals surface area contributed by atoms with Gasteiger partial charge in [0.15, 0.2) is 0 Å². The summed E-state index contributed by atoms with van der Waals surface area (Å²) in [6.07, 6.45) is -2.58. The van der Waals surface area contributed by atoms with Gasteiger partial charge in [0, 0.05) is 6.42 Å². The summed E-state index contributed by atoms with van der Waals surface area (Å²) in [5, 5.41) is 10.00. The molecule has 2 atom stereocenters. The number of nitrogens with zero attached hydrogens (tertiary/aromatic N) is 2. The van der Waals surface area contributed by atoms with Gasteiger partial charge in [0.25, 0.3) is 5.09 Å². The molecule has 0 aromatic heterocycles. The predicted octanol–water partition coefficient (Wildman–Crippen LogP) is 1.55. The molecule has 15 heteroatoms. The van der Waals surface area contributed by atoms with Crippen LogP contribution < -0.4 is 10.5 Å². The maximum atomic E-state index is 12.6. The Balaban J connectivity index is 2.14. The first-order chi connectivity index (χ1) is 15.5. The maximum Gasteiger partial charge on any atom is 0.487 e. The van der Waals surface area contributed by atoms with E-state index in [0.29, 0.717) is 16.7 Å². The molecule has 0 saturated heterocycles. The largest absolute Gasteiger partial charge is 0.497 e. The molecule has 0 bridgehead atoms. The lowest BCUT2D eigenvalue weighted by Gasteiger charge is -2.14. The Bertz CT molecular complexity index is 1060. The van der Waals surface area contributed by atoms with Crippen molar-refractivity contribution >= 4 is 24.3 Å². The van der Waals surface area contributed by atoms with Gasteiger partial charge in [-0.1, -0.05) is 24.3 Å². The van der Waals surface area contributed by atoms with Gasteiger partial charge >= 0.3 is 18.7 Å². The minimum Gasteiger partial charge on any atom is -0.497 e. The first kappa shape index (κ1) is 25.9. The molecule has 0 aliphatic heterocycles. The summed E-state index contributed by atoms with van der Waals surface area (Å²) in [5.74, 6) is -1.73. The molecule has 0 heterocycles. The molecule has 0 amide bonds. The zero-order chi connectivity index (χ0) is 24.6. The van der Waals surface area contributed by atoms with E-state index in [1.54, 1.807) is 36.4 Å². The second kappa shape index (κ2) is 11.5. The maximum absolute atomic E-state index is 12.6. The fraction of sp³-hybridized carbons (Fsp3) is 0.389. The molecule has 0 aliphatic carbocycles. The lowest BCUT2D eigenvalue weighted by Crippen LogP contribution is -2.32. The molecular weight excluding hydrogens is 465 g/mol. The number of benzene rings is 2. The quantitative estimate of drug-likeness (QED) is 0.159. The summed E-state index contributed by atoms with van der Waals surface area (Å²) in [5.41, 5.74) is 5.80. The van der Waals surface area contributed by atoms with E-state index in [4.69, 9.17) is 10.5 Å². The highest BCUT2D eigenvalue weighted by Crippen LogP contribution is 2.38. The van der Waals surface area contributed by atoms with Crippen LogP contribution in [0.3, 0.4) is 0 Å². The molecule has 33 heavy (non-hydrogen) atoms. The number of hydrogen-bond acceptors (Lipinski definition) is 10. The molecule has 1 unspecified atom stereocenters. The van der Waals surface area contributed by atoms with Crippen LogP contribution in [0.25, 0.3) is 10.8 Å². The lowest BCUT2D eigenvalue weighted by atomic mass is 9.94. The van der Waals surface area contributed by atoms with Crippen LogP contribution in [0.15, 0.2) is 36.4 Å². The number of carbonyl (C=O) groups excluding carboxylic acids is 1. The highest BCUT2D eigenvalue weighted by atomic mass is 31.2. The molecule has 14 nitrogen and oxygen atoms in total. The van der Waals surface area contributed by atoms with Gasteiger partial charge in [0.2, 0.25) is 6.23 Å². The van der Waals surface area contributed by atoms with Crippen molar-refractivity contribution in [1.82, 2.24) is 0 Å². The number of hydrogen-bond donors (Lipinski definition) is 3. The van der Waals surface area contributed by atoms with Crippen LogP contribution in [0.5, 0.6) is 5.75 Å². The Morgan fingerprint density at radius 3 is 2.45 bits per heavy atom. The van der Waals surface area contributed by atoms with Crippen LogP contribution in [0, 0.1) is 15.0 Å². The van der Waals surface area contributed by atoms with Crippen molar-refractivity contribution in [3.63, 3.8) is 0 Å². The summed E-state index contributed by atoms with van der Waals surface area (Å²) in [4.78, 5) is 66.1. The number of rotatable bonds is 13. The predicted molar refractivity (Wildman–Crippen MR) is 111 cm³/mol. The Morgan fingerprint density at radius 2 is 1.82 bits per heavy atom. The summed E-state index contributed by atoms with van der Waals surface area (Å²) >= 11 is 0. The fourth-order valence-electron chi connectivity index (χ4n) is 2.87. The SMILES string of the molecule is COc1ccc2cc([C@H](CCP(=O)(O)O)C(=O)O[N+](=O)OC(N)CCO[N+](=O)[O-])ccc2c1. The zero-order valence-corrected chi connectivity index (χ0v) is 18.3. The zero-order valence-electron chi connectivity index (χ0n) is 17.4. The summed E-state index contributed by atoms with van der Waals surface area (Å²) in [6, 6.07) is 10.1. The van der Waals surface area contributed by atoms with Gasteiger partial charge in [0.1, 0.15) is 17.3 Å². The van der Waals surface area contributed by atoms with E-state index in [0.717, 1.165) is 5.39 Å². The smallest absolute Gasteiger partial charge is 0.487 e. The molecule has 0 spiro atoms. The van der Waals surface area contributed by atoms with E-state index in [2.05, 4.69) is 14.5 Å². The normalized spacial score (nSPS) is 13.1. The van der Waals surface area contributed by atoms with Crippen molar-refractivity contribution in [3.05, 3.63) is 57.0 Å². The highest BCUT2D eigenvalue weighted by Gasteiger charge is 2.33. The molecular formula is C18H23N3O11P+. The molecule has 2 aromatic rings. The Hall–Kier alpha value is -3.32. The summed E-state index contributed by atoms with van der Waals surface area (Å²) in [6.45, 7) is -0.456. The van der Waals surface area contributed by atoms with Crippen LogP contribution in [-0.2, 0) is 23.9 Å². The minimum absolute atomic E-state index is 0.257. The first-order valence-electron chi connectivity index (χ1n) is 9.49. The van der Waals surface area contributed by atoms with Crippen LogP contribution in [0.1, 0.15) is 24.3 Å². The second-order valence-electron chi connectivity index (χ2n) is 6.83. The van der Waals surface area contributed by atoms with Gasteiger partial charge in [-0.25, -0.2) is 4.79 Å². The van der Waals surface area contributed by atoms with Crippen molar-refractivity contribution < 1.29 is 48.6 Å². The van der Waals surface area contributed by atoms with Gasteiger partial charge < -0.3 is 19.4 Å². The fourth-order valence-corrected chi connectivity index (χ4v) is 3.46. The molecule has 2 aromatic carbocycles. The molecule has 0 radical (unpaired) electrons. The Kier molecular flexibility index (Phi) is 9.05. The number of ether oxygens (including phenoxy) is 1. The minimum atomic E-state index is -4.45. The van der Waals surface area contributed by atoms with E-state index >= 15 is 0 Å². The number of nitrogens with two attached hydrogens (primary N) is 1. The van der Waals surface area contributed by atoms with Gasteiger partial charge in [-0.15, -0.1) is 15.0 Å². The number of methoxy groups -OCH3 is 1. The molecule has 2 rings (SSSR count). The Morgan fingerprint density at radius 1 is 1.15 bits per heavy atom. The van der Waals surface area contributed by atoms with Crippen LogP contribution in [0.4, 0.5) is 0 Å². The Labute approximate surface area is 186 Å². The third kappa shape index (κ3) is 8.61. The average molecular weight is 488 g/mol. The van der Waals surface area contributed by atoms with Gasteiger partial charge in [0.05, 0.1) is 19.2 Å². The van der Waals surface area contributed by atoms with Gasteiger partial charge in [-0.3, -0.25) is 10.3 Å². The molecule has 4 N–H and O–H groups in total. The third-order valence-electron chi connectivity index (χ3n) is 4.45. The van der Waals surface area contributed by atoms with E-state index < -0.39 is 48.7 Å². The van der Waals surface area contributed by atoms with E-state index in [9.17, 15) is 34.2 Å². The molecule has 0 saturated carbocycles. The van der Waals surface area contributed by atoms with Crippen molar-refractivity contribution in [3.8, 4) is 5.75 Å². The molecule has 0 fully saturated rings. The van der Waals surface area contributed by atoms with Crippen molar-refractivity contribution in [2.45, 2.75) is 25.0 Å². The van der Waals surface area contributed by atoms with E-state index in [-0.39, 0.29) is 12.8 Å². The second-order valence-corrected chi connectivity index (χ2v) is 8.60. The van der Waals surface area contributed by atoms with Gasteiger partial charge in [-0.05, 0) is 34.9 Å². The summed E-state index contributed by atoms with van der Waals surface area (Å²) in [7, 11) is -2.94. The average Bonchev–Trinajstić information content (AvgIpc) is 2.72. The van der Waals surface area contributed by atoms with Gasteiger partial charge in [-0.2, -0.15) is 4.84 Å². The highest BCUT2D eigenvalue weighted by molar-refractivity contribution is 7.51. The number of carbonyl (C=O) groups is 1. The first-order valence-corrected chi connectivity index (χ1v) is 11.3.